The molecule has 1 aliphatic carbocycles. The average Bonchev–Trinajstić information content (AvgIpc) is 2.31. The third-order valence-electron chi connectivity index (χ3n) is 5.10. The van der Waals surface area contributed by atoms with E-state index in [9.17, 15) is 9.50 Å². The summed E-state index contributed by atoms with van der Waals surface area (Å²) >= 11 is 0. The lowest BCUT2D eigenvalue weighted by molar-refractivity contribution is -0.00724. The molecule has 0 heterocycles. The minimum Gasteiger partial charge on any atom is -0.395 e. The summed E-state index contributed by atoms with van der Waals surface area (Å²) in [6.07, 6.45) is 3.44. The Morgan fingerprint density at radius 2 is 1.89 bits per heavy atom. The first-order valence-electron chi connectivity index (χ1n) is 6.81. The molecule has 0 saturated heterocycles. The van der Waals surface area contributed by atoms with E-state index in [4.69, 9.17) is 0 Å². The first kappa shape index (κ1) is 13.5. The van der Waals surface area contributed by atoms with Crippen LogP contribution in [0.15, 0.2) is 24.3 Å². The van der Waals surface area contributed by atoms with Crippen molar-refractivity contribution >= 4 is 0 Å². The zero-order valence-electron chi connectivity index (χ0n) is 11.5. The average molecular weight is 250 g/mol. The summed E-state index contributed by atoms with van der Waals surface area (Å²) in [5.41, 5.74) is 0.861. The highest BCUT2D eigenvalue weighted by atomic mass is 19.1. The van der Waals surface area contributed by atoms with Gasteiger partial charge in [0.25, 0.3) is 0 Å². The van der Waals surface area contributed by atoms with E-state index in [1.54, 1.807) is 0 Å². The fourth-order valence-corrected chi connectivity index (χ4v) is 3.87. The molecule has 1 fully saturated rings. The summed E-state index contributed by atoms with van der Waals surface area (Å²) < 4.78 is 13.1. The fourth-order valence-electron chi connectivity index (χ4n) is 3.87. The van der Waals surface area contributed by atoms with Gasteiger partial charge in [-0.3, -0.25) is 0 Å². The minimum atomic E-state index is -0.251. The van der Waals surface area contributed by atoms with Crippen LogP contribution in [0.2, 0.25) is 0 Å². The van der Waals surface area contributed by atoms with E-state index in [1.807, 2.05) is 12.1 Å². The molecule has 1 N–H and O–H groups in total. The maximum Gasteiger partial charge on any atom is 0.123 e. The normalized spacial score (nSPS) is 31.3. The Hall–Kier alpha value is -0.890. The first-order valence-corrected chi connectivity index (χ1v) is 6.81. The maximum absolute atomic E-state index is 13.1. The molecule has 18 heavy (non-hydrogen) atoms. The molecule has 1 aliphatic rings. The third-order valence-corrected chi connectivity index (χ3v) is 5.10. The highest BCUT2D eigenvalue weighted by molar-refractivity contribution is 5.31. The predicted octanol–water partition coefficient (Wildman–Crippen LogP) is 3.90. The summed E-state index contributed by atoms with van der Waals surface area (Å²) in [5.74, 6) is 0.199. The van der Waals surface area contributed by atoms with Gasteiger partial charge in [0.05, 0.1) is 6.61 Å². The van der Waals surface area contributed by atoms with E-state index in [0.717, 1.165) is 18.4 Å². The van der Waals surface area contributed by atoms with E-state index in [0.29, 0.717) is 5.92 Å². The molecular weight excluding hydrogens is 227 g/mol. The van der Waals surface area contributed by atoms with Gasteiger partial charge in [-0.2, -0.15) is 0 Å². The molecule has 2 heteroatoms. The second kappa shape index (κ2) is 4.65. The number of hydrogen-bond donors (Lipinski definition) is 1. The molecule has 1 aromatic rings. The summed E-state index contributed by atoms with van der Waals surface area (Å²) in [7, 11) is 0. The van der Waals surface area contributed by atoms with Crippen molar-refractivity contribution in [1.29, 1.82) is 0 Å². The summed E-state index contributed by atoms with van der Waals surface area (Å²) in [6, 6.07) is 6.69. The van der Waals surface area contributed by atoms with E-state index in [-0.39, 0.29) is 23.3 Å². The standard InChI is InChI=1S/C16H23FO/c1-12-5-4-10-15(2,3)16(12,11-18)13-6-8-14(17)9-7-13/h6-9,12,18H,4-5,10-11H2,1-3H3/t12-,16+/m0/s1. The van der Waals surface area contributed by atoms with Crippen LogP contribution in [0.4, 0.5) is 4.39 Å². The van der Waals surface area contributed by atoms with Gasteiger partial charge in [-0.1, -0.05) is 39.3 Å². The summed E-state index contributed by atoms with van der Waals surface area (Å²) in [4.78, 5) is 0. The van der Waals surface area contributed by atoms with E-state index in [1.165, 1.54) is 18.6 Å². The molecular formula is C16H23FO. The van der Waals surface area contributed by atoms with Crippen molar-refractivity contribution in [3.8, 4) is 0 Å². The highest BCUT2D eigenvalue weighted by Gasteiger charge is 2.51. The van der Waals surface area contributed by atoms with Crippen LogP contribution in [0.5, 0.6) is 0 Å². The highest BCUT2D eigenvalue weighted by Crippen LogP contribution is 2.54. The monoisotopic (exact) mass is 250 g/mol. The first-order chi connectivity index (χ1) is 8.44. The van der Waals surface area contributed by atoms with Crippen LogP contribution in [0, 0.1) is 17.2 Å². The lowest BCUT2D eigenvalue weighted by Crippen LogP contribution is -2.52. The van der Waals surface area contributed by atoms with Crippen molar-refractivity contribution in [3.05, 3.63) is 35.6 Å². The van der Waals surface area contributed by atoms with E-state index >= 15 is 0 Å². The Labute approximate surface area is 109 Å². The van der Waals surface area contributed by atoms with Gasteiger partial charge in [-0.25, -0.2) is 4.39 Å². The quantitative estimate of drug-likeness (QED) is 0.844. The Morgan fingerprint density at radius 3 is 2.39 bits per heavy atom. The number of benzene rings is 1. The second-order valence-electron chi connectivity index (χ2n) is 6.31. The summed E-state index contributed by atoms with van der Waals surface area (Å²) in [5, 5.41) is 10.1. The summed E-state index contributed by atoms with van der Waals surface area (Å²) in [6.45, 7) is 6.79. The van der Waals surface area contributed by atoms with Crippen molar-refractivity contribution in [1.82, 2.24) is 0 Å². The molecule has 0 amide bonds. The Bertz CT molecular complexity index is 410. The molecule has 0 spiro atoms. The Kier molecular flexibility index (Phi) is 3.50. The number of halogens is 1. The van der Waals surface area contributed by atoms with Crippen LogP contribution in [-0.2, 0) is 5.41 Å². The fraction of sp³-hybridized carbons (Fsp3) is 0.625. The number of rotatable bonds is 2. The van der Waals surface area contributed by atoms with Gasteiger partial charge in [0.2, 0.25) is 0 Å². The molecule has 0 aliphatic heterocycles. The van der Waals surface area contributed by atoms with Gasteiger partial charge in [0, 0.05) is 5.41 Å². The molecule has 100 valence electrons. The topological polar surface area (TPSA) is 20.2 Å². The molecule has 1 nitrogen and oxygen atoms in total. The second-order valence-corrected chi connectivity index (χ2v) is 6.31. The zero-order chi connectivity index (χ0) is 13.4. The molecule has 1 saturated carbocycles. The largest absolute Gasteiger partial charge is 0.395 e. The Balaban J connectivity index is 2.53. The van der Waals surface area contributed by atoms with Crippen LogP contribution in [0.3, 0.4) is 0 Å². The van der Waals surface area contributed by atoms with Crippen LogP contribution in [0.1, 0.15) is 45.6 Å². The predicted molar refractivity (Wildman–Crippen MR) is 72.0 cm³/mol. The van der Waals surface area contributed by atoms with Gasteiger partial charge in [-0.05, 0) is 41.9 Å². The van der Waals surface area contributed by atoms with Gasteiger partial charge in [-0.15, -0.1) is 0 Å². The Morgan fingerprint density at radius 1 is 1.28 bits per heavy atom. The smallest absolute Gasteiger partial charge is 0.123 e. The molecule has 0 unspecified atom stereocenters. The van der Waals surface area contributed by atoms with Crippen LogP contribution < -0.4 is 0 Å². The van der Waals surface area contributed by atoms with Gasteiger partial charge in [0.15, 0.2) is 0 Å². The molecule has 2 rings (SSSR count). The third kappa shape index (κ3) is 1.87. The molecule has 0 radical (unpaired) electrons. The van der Waals surface area contributed by atoms with Crippen molar-refractivity contribution in [2.24, 2.45) is 11.3 Å². The van der Waals surface area contributed by atoms with Gasteiger partial charge in [0.1, 0.15) is 5.82 Å². The van der Waals surface area contributed by atoms with Gasteiger partial charge < -0.3 is 5.11 Å². The maximum atomic E-state index is 13.1. The molecule has 0 bridgehead atoms. The van der Waals surface area contributed by atoms with Crippen LogP contribution in [-0.4, -0.2) is 11.7 Å². The van der Waals surface area contributed by atoms with Crippen molar-refractivity contribution in [2.75, 3.05) is 6.61 Å². The zero-order valence-corrected chi connectivity index (χ0v) is 11.5. The number of hydrogen-bond acceptors (Lipinski definition) is 1. The number of aliphatic hydroxyl groups excluding tert-OH is 1. The molecule has 1 aromatic carbocycles. The van der Waals surface area contributed by atoms with Gasteiger partial charge >= 0.3 is 0 Å². The number of aliphatic hydroxyl groups is 1. The van der Waals surface area contributed by atoms with Crippen molar-refractivity contribution in [3.63, 3.8) is 0 Å². The molecule has 0 aromatic heterocycles. The lowest BCUT2D eigenvalue weighted by Gasteiger charge is -2.54. The minimum absolute atomic E-state index is 0.0389. The van der Waals surface area contributed by atoms with Crippen molar-refractivity contribution in [2.45, 2.75) is 45.4 Å². The van der Waals surface area contributed by atoms with E-state index < -0.39 is 0 Å². The lowest BCUT2D eigenvalue weighted by atomic mass is 9.51. The van der Waals surface area contributed by atoms with Crippen LogP contribution >= 0.6 is 0 Å². The van der Waals surface area contributed by atoms with Crippen LogP contribution in [0.25, 0.3) is 0 Å². The SMILES string of the molecule is C[C@H]1CCCC(C)(C)[C@@]1(CO)c1ccc(F)cc1. The van der Waals surface area contributed by atoms with E-state index in [2.05, 4.69) is 20.8 Å². The molecule has 2 atom stereocenters. The van der Waals surface area contributed by atoms with Crippen molar-refractivity contribution < 1.29 is 9.50 Å².